The molecule has 9 heteroatoms. The summed E-state index contributed by atoms with van der Waals surface area (Å²) < 4.78 is 37.6. The van der Waals surface area contributed by atoms with Crippen molar-refractivity contribution in [2.45, 2.75) is 30.8 Å². The first-order chi connectivity index (χ1) is 14.4. The summed E-state index contributed by atoms with van der Waals surface area (Å²) in [6, 6.07) is 15.0. The van der Waals surface area contributed by atoms with Crippen LogP contribution < -0.4 is 0 Å². The average molecular weight is 427 g/mol. The van der Waals surface area contributed by atoms with E-state index in [1.165, 1.54) is 28.6 Å². The molecule has 0 bridgehead atoms. The molecule has 3 aromatic rings. The van der Waals surface area contributed by atoms with Crippen molar-refractivity contribution in [3.05, 3.63) is 66.1 Å². The van der Waals surface area contributed by atoms with Crippen LogP contribution in [0.1, 0.15) is 42.1 Å². The molecule has 1 aliphatic heterocycles. The molecule has 30 heavy (non-hydrogen) atoms. The lowest BCUT2D eigenvalue weighted by atomic mass is 10.2. The Balaban J connectivity index is 1.43. The molecule has 2 aromatic carbocycles. The summed E-state index contributed by atoms with van der Waals surface area (Å²) in [5, 5.41) is 7.94. The average Bonchev–Trinajstić information content (AvgIpc) is 3.47. The van der Waals surface area contributed by atoms with Crippen LogP contribution in [0.15, 0.2) is 63.9 Å². The van der Waals surface area contributed by atoms with Crippen LogP contribution in [-0.2, 0) is 14.8 Å². The molecule has 0 saturated carbocycles. The molecule has 156 valence electrons. The van der Waals surface area contributed by atoms with Gasteiger partial charge < -0.3 is 9.15 Å². The molecule has 1 unspecified atom stereocenters. The molecule has 1 fully saturated rings. The second kappa shape index (κ2) is 8.37. The molecule has 2 heterocycles. The lowest BCUT2D eigenvalue weighted by Crippen LogP contribution is -2.27. The Bertz CT molecular complexity index is 1120. The van der Waals surface area contributed by atoms with Crippen molar-refractivity contribution < 1.29 is 22.4 Å². The van der Waals surface area contributed by atoms with E-state index in [-0.39, 0.29) is 16.3 Å². The Morgan fingerprint density at radius 3 is 2.37 bits per heavy atom. The lowest BCUT2D eigenvalue weighted by Gasteiger charge is -2.15. The number of carbonyl (C=O) groups excluding carboxylic acids is 1. The van der Waals surface area contributed by atoms with E-state index in [0.29, 0.717) is 19.0 Å². The predicted octanol–water partition coefficient (Wildman–Crippen LogP) is 3.44. The number of hydrogen-bond donors (Lipinski definition) is 0. The van der Waals surface area contributed by atoms with Gasteiger partial charge in [0.05, 0.1) is 10.5 Å². The predicted molar refractivity (Wildman–Crippen MR) is 108 cm³/mol. The van der Waals surface area contributed by atoms with Crippen molar-refractivity contribution in [1.29, 1.82) is 0 Å². The largest absolute Gasteiger partial charge is 0.449 e. The van der Waals surface area contributed by atoms with Gasteiger partial charge in [-0.05, 0) is 56.2 Å². The first-order valence-corrected chi connectivity index (χ1v) is 11.1. The lowest BCUT2D eigenvalue weighted by molar-refractivity contribution is 0.0279. The molecule has 4 rings (SSSR count). The second-order valence-corrected chi connectivity index (χ2v) is 8.93. The molecular weight excluding hydrogens is 406 g/mol. The van der Waals surface area contributed by atoms with E-state index in [1.54, 1.807) is 6.92 Å². The summed E-state index contributed by atoms with van der Waals surface area (Å²) in [5.74, 6) is -0.0903. The summed E-state index contributed by atoms with van der Waals surface area (Å²) in [4.78, 5) is 12.6. The third kappa shape index (κ3) is 4.12. The fourth-order valence-corrected chi connectivity index (χ4v) is 4.73. The van der Waals surface area contributed by atoms with Crippen LogP contribution in [0.5, 0.6) is 0 Å². The maximum Gasteiger partial charge on any atom is 0.338 e. The maximum atomic E-state index is 12.6. The SMILES string of the molecule is CC(OC(=O)c1ccc(S(=O)(=O)N2CCCC2)cc1)c1nnc(-c2ccccc2)o1. The van der Waals surface area contributed by atoms with Crippen molar-refractivity contribution in [2.24, 2.45) is 0 Å². The zero-order valence-electron chi connectivity index (χ0n) is 16.4. The van der Waals surface area contributed by atoms with Crippen molar-refractivity contribution in [3.63, 3.8) is 0 Å². The Morgan fingerprint density at radius 1 is 1.03 bits per heavy atom. The highest BCUT2D eigenvalue weighted by Gasteiger charge is 2.27. The monoisotopic (exact) mass is 427 g/mol. The molecule has 1 aliphatic rings. The van der Waals surface area contributed by atoms with E-state index in [1.807, 2.05) is 30.3 Å². The molecule has 1 atom stereocenters. The summed E-state index contributed by atoms with van der Waals surface area (Å²) in [6.07, 6.45) is 0.974. The van der Waals surface area contributed by atoms with Gasteiger partial charge in [-0.15, -0.1) is 10.2 Å². The van der Waals surface area contributed by atoms with Crippen molar-refractivity contribution in [2.75, 3.05) is 13.1 Å². The van der Waals surface area contributed by atoms with Crippen LogP contribution in [0, 0.1) is 0 Å². The van der Waals surface area contributed by atoms with Gasteiger partial charge in [-0.25, -0.2) is 13.2 Å². The highest BCUT2D eigenvalue weighted by molar-refractivity contribution is 7.89. The normalized spacial score (nSPS) is 15.8. The molecule has 8 nitrogen and oxygen atoms in total. The number of benzene rings is 2. The molecule has 0 N–H and O–H groups in total. The third-order valence-corrected chi connectivity index (χ3v) is 6.80. The van der Waals surface area contributed by atoms with Crippen LogP contribution in [0.4, 0.5) is 0 Å². The Morgan fingerprint density at radius 2 is 1.70 bits per heavy atom. The van der Waals surface area contributed by atoms with E-state index in [0.717, 1.165) is 18.4 Å². The highest BCUT2D eigenvalue weighted by Crippen LogP contribution is 2.24. The number of rotatable bonds is 6. The number of carbonyl (C=O) groups is 1. The molecule has 0 amide bonds. The van der Waals surface area contributed by atoms with Gasteiger partial charge in [-0.3, -0.25) is 0 Å². The highest BCUT2D eigenvalue weighted by atomic mass is 32.2. The smallest absolute Gasteiger partial charge is 0.338 e. The van der Waals surface area contributed by atoms with Crippen molar-refractivity contribution in [1.82, 2.24) is 14.5 Å². The molecule has 0 radical (unpaired) electrons. The summed E-state index contributed by atoms with van der Waals surface area (Å²) in [7, 11) is -3.52. The first kappa shape index (κ1) is 20.2. The van der Waals surface area contributed by atoms with Gasteiger partial charge in [-0.2, -0.15) is 4.31 Å². The number of sulfonamides is 1. The quantitative estimate of drug-likeness (QED) is 0.555. The number of ether oxygens (including phenoxy) is 1. The van der Waals surface area contributed by atoms with Crippen LogP contribution >= 0.6 is 0 Å². The Hall–Kier alpha value is -3.04. The molecule has 1 aromatic heterocycles. The molecular formula is C21H21N3O5S. The number of esters is 1. The fraction of sp³-hybridized carbons (Fsp3) is 0.286. The van der Waals surface area contributed by atoms with E-state index < -0.39 is 22.1 Å². The van der Waals surface area contributed by atoms with Crippen LogP contribution in [0.2, 0.25) is 0 Å². The minimum atomic E-state index is -3.52. The second-order valence-electron chi connectivity index (χ2n) is 6.99. The van der Waals surface area contributed by atoms with Gasteiger partial charge in [-0.1, -0.05) is 18.2 Å². The van der Waals surface area contributed by atoms with Gasteiger partial charge in [0.25, 0.3) is 5.89 Å². The Labute approximate surface area is 174 Å². The van der Waals surface area contributed by atoms with Crippen LogP contribution in [0.3, 0.4) is 0 Å². The minimum Gasteiger partial charge on any atom is -0.449 e. The van der Waals surface area contributed by atoms with Gasteiger partial charge in [0.2, 0.25) is 15.9 Å². The van der Waals surface area contributed by atoms with Gasteiger partial charge in [0.1, 0.15) is 0 Å². The Kier molecular flexibility index (Phi) is 5.65. The maximum absolute atomic E-state index is 12.6. The van der Waals surface area contributed by atoms with Crippen LogP contribution in [-0.4, -0.2) is 42.0 Å². The zero-order valence-corrected chi connectivity index (χ0v) is 17.2. The van der Waals surface area contributed by atoms with E-state index in [4.69, 9.17) is 9.15 Å². The van der Waals surface area contributed by atoms with E-state index in [2.05, 4.69) is 10.2 Å². The topological polar surface area (TPSA) is 103 Å². The summed E-state index contributed by atoms with van der Waals surface area (Å²) >= 11 is 0. The summed E-state index contributed by atoms with van der Waals surface area (Å²) in [6.45, 7) is 2.68. The van der Waals surface area contributed by atoms with Crippen LogP contribution in [0.25, 0.3) is 11.5 Å². The van der Waals surface area contributed by atoms with Crippen molar-refractivity contribution >= 4 is 16.0 Å². The summed E-state index contributed by atoms with van der Waals surface area (Å²) in [5.41, 5.74) is 1.01. The molecule has 1 saturated heterocycles. The molecule has 0 spiro atoms. The standard InChI is InChI=1S/C21H21N3O5S/c1-15(19-22-23-20(29-19)16-7-3-2-4-8-16)28-21(25)17-9-11-18(12-10-17)30(26,27)24-13-5-6-14-24/h2-4,7-12,15H,5-6,13-14H2,1H3. The third-order valence-electron chi connectivity index (χ3n) is 4.89. The minimum absolute atomic E-state index is 0.165. The van der Waals surface area contributed by atoms with E-state index >= 15 is 0 Å². The first-order valence-electron chi connectivity index (χ1n) is 9.65. The number of nitrogens with zero attached hydrogens (tertiary/aromatic N) is 3. The number of hydrogen-bond acceptors (Lipinski definition) is 7. The van der Waals surface area contributed by atoms with Gasteiger partial charge in [0.15, 0.2) is 6.10 Å². The fourth-order valence-electron chi connectivity index (χ4n) is 3.22. The van der Waals surface area contributed by atoms with Crippen molar-refractivity contribution in [3.8, 4) is 11.5 Å². The van der Waals surface area contributed by atoms with Gasteiger partial charge in [0, 0.05) is 18.7 Å². The molecule has 0 aliphatic carbocycles. The zero-order chi connectivity index (χ0) is 21.1. The van der Waals surface area contributed by atoms with Gasteiger partial charge >= 0.3 is 5.97 Å². The number of aromatic nitrogens is 2. The van der Waals surface area contributed by atoms with E-state index in [9.17, 15) is 13.2 Å².